The first-order valence-electron chi connectivity index (χ1n) is 13.2. The highest BCUT2D eigenvalue weighted by molar-refractivity contribution is 5.78. The van der Waals surface area contributed by atoms with Crippen LogP contribution in [-0.2, 0) is 9.59 Å². The molecule has 0 bridgehead atoms. The number of likely N-dealkylation sites (tertiary alicyclic amines) is 1. The Morgan fingerprint density at radius 2 is 1.82 bits per heavy atom. The summed E-state index contributed by atoms with van der Waals surface area (Å²) in [4.78, 5) is 30.6. The smallest absolute Gasteiger partial charge is 0.260 e. The second-order valence-electron chi connectivity index (χ2n) is 10.6. The number of ether oxygens (including phenoxy) is 1. The lowest BCUT2D eigenvalue weighted by atomic mass is 9.69. The maximum absolute atomic E-state index is 13.4. The molecule has 4 fully saturated rings. The fourth-order valence-corrected chi connectivity index (χ4v) is 6.54. The van der Waals surface area contributed by atoms with Gasteiger partial charge in [0.1, 0.15) is 5.75 Å². The number of para-hydroxylation sites is 1. The number of nitrogens with one attached hydrogen (secondary N) is 1. The summed E-state index contributed by atoms with van der Waals surface area (Å²) < 4.78 is 5.85. The van der Waals surface area contributed by atoms with Gasteiger partial charge in [0.15, 0.2) is 6.61 Å². The van der Waals surface area contributed by atoms with Crippen LogP contribution in [0.4, 0.5) is 0 Å². The van der Waals surface area contributed by atoms with Crippen LogP contribution >= 0.6 is 0 Å². The number of amides is 2. The molecule has 0 radical (unpaired) electrons. The van der Waals surface area contributed by atoms with E-state index < -0.39 is 0 Å². The fraction of sp³-hybridized carbons (Fsp3) is 0.704. The lowest BCUT2D eigenvalue weighted by Crippen LogP contribution is -2.66. The third-order valence-corrected chi connectivity index (χ3v) is 8.29. The number of carbonyl (C=O) groups excluding carboxylic acids is 2. The molecule has 6 heteroatoms. The molecule has 1 aliphatic carbocycles. The van der Waals surface area contributed by atoms with Crippen LogP contribution in [0.3, 0.4) is 0 Å². The van der Waals surface area contributed by atoms with Gasteiger partial charge in [-0.2, -0.15) is 0 Å². The van der Waals surface area contributed by atoms with E-state index in [9.17, 15) is 9.59 Å². The summed E-state index contributed by atoms with van der Waals surface area (Å²) in [7, 11) is 0. The van der Waals surface area contributed by atoms with Crippen LogP contribution in [-0.4, -0.2) is 66.5 Å². The molecule has 2 amide bonds. The van der Waals surface area contributed by atoms with Crippen molar-refractivity contribution in [2.45, 2.75) is 69.9 Å². The van der Waals surface area contributed by atoms with Gasteiger partial charge < -0.3 is 15.0 Å². The Morgan fingerprint density at radius 1 is 1.03 bits per heavy atom. The van der Waals surface area contributed by atoms with E-state index >= 15 is 0 Å². The zero-order chi connectivity index (χ0) is 22.6. The van der Waals surface area contributed by atoms with E-state index in [-0.39, 0.29) is 24.5 Å². The Morgan fingerprint density at radius 3 is 2.61 bits per heavy atom. The lowest BCUT2D eigenvalue weighted by Gasteiger charge is -2.57. The summed E-state index contributed by atoms with van der Waals surface area (Å²) in [6.45, 7) is 4.19. The lowest BCUT2D eigenvalue weighted by molar-refractivity contribution is -0.148. The zero-order valence-electron chi connectivity index (χ0n) is 19.8. The Labute approximate surface area is 198 Å². The topological polar surface area (TPSA) is 61.9 Å². The first kappa shape index (κ1) is 22.7. The molecule has 3 heterocycles. The molecule has 4 aliphatic rings. The van der Waals surface area contributed by atoms with Crippen LogP contribution in [0, 0.1) is 17.8 Å². The maximum atomic E-state index is 13.4. The fourth-order valence-electron chi connectivity index (χ4n) is 6.54. The molecule has 180 valence electrons. The Kier molecular flexibility index (Phi) is 7.19. The van der Waals surface area contributed by atoms with Gasteiger partial charge in [-0.15, -0.1) is 0 Å². The maximum Gasteiger partial charge on any atom is 0.260 e. The molecule has 3 saturated heterocycles. The van der Waals surface area contributed by atoms with Gasteiger partial charge in [0.05, 0.1) is 0 Å². The van der Waals surface area contributed by atoms with Gasteiger partial charge >= 0.3 is 0 Å². The molecule has 0 spiro atoms. The number of hydrogen-bond acceptors (Lipinski definition) is 4. The van der Waals surface area contributed by atoms with Crippen LogP contribution in [0.25, 0.3) is 0 Å². The van der Waals surface area contributed by atoms with E-state index in [0.29, 0.717) is 30.2 Å². The molecule has 1 N–H and O–H groups in total. The van der Waals surface area contributed by atoms with Gasteiger partial charge in [-0.05, 0) is 94.3 Å². The average Bonchev–Trinajstić information content (AvgIpc) is 3.68. The highest BCUT2D eigenvalue weighted by Gasteiger charge is 2.49. The van der Waals surface area contributed by atoms with Crippen molar-refractivity contribution >= 4 is 11.8 Å². The molecule has 4 atom stereocenters. The highest BCUT2D eigenvalue weighted by Crippen LogP contribution is 2.43. The summed E-state index contributed by atoms with van der Waals surface area (Å²) >= 11 is 0. The molecule has 3 aliphatic heterocycles. The summed E-state index contributed by atoms with van der Waals surface area (Å²) in [6, 6.07) is 10.4. The van der Waals surface area contributed by atoms with Crippen molar-refractivity contribution < 1.29 is 14.3 Å². The number of nitrogens with zero attached hydrogens (tertiary/aromatic N) is 2. The largest absolute Gasteiger partial charge is 0.484 e. The van der Waals surface area contributed by atoms with Crippen molar-refractivity contribution in [3.8, 4) is 5.75 Å². The van der Waals surface area contributed by atoms with Crippen LogP contribution in [0.1, 0.15) is 57.8 Å². The predicted molar refractivity (Wildman–Crippen MR) is 128 cm³/mol. The summed E-state index contributed by atoms with van der Waals surface area (Å²) in [6.07, 6.45) is 9.70. The molecule has 1 aromatic carbocycles. The molecule has 1 saturated carbocycles. The van der Waals surface area contributed by atoms with E-state index in [4.69, 9.17) is 4.74 Å². The van der Waals surface area contributed by atoms with E-state index in [0.717, 1.165) is 31.7 Å². The van der Waals surface area contributed by atoms with Crippen molar-refractivity contribution in [2.75, 3.05) is 32.8 Å². The number of rotatable bonds is 9. The van der Waals surface area contributed by atoms with Crippen molar-refractivity contribution in [1.82, 2.24) is 15.1 Å². The van der Waals surface area contributed by atoms with Gasteiger partial charge in [0.2, 0.25) is 5.91 Å². The number of piperidine rings is 3. The molecule has 5 rings (SSSR count). The van der Waals surface area contributed by atoms with E-state index in [2.05, 4.69) is 15.1 Å². The molecule has 6 nitrogen and oxygen atoms in total. The number of hydrogen-bond donors (Lipinski definition) is 1. The van der Waals surface area contributed by atoms with Crippen LogP contribution in [0.5, 0.6) is 5.75 Å². The molecule has 0 aromatic heterocycles. The average molecular weight is 454 g/mol. The van der Waals surface area contributed by atoms with Gasteiger partial charge in [0, 0.05) is 31.6 Å². The second-order valence-corrected chi connectivity index (χ2v) is 10.6. The molecular formula is C27H39N3O3. The number of carbonyl (C=O) groups is 2. The minimum Gasteiger partial charge on any atom is -0.484 e. The van der Waals surface area contributed by atoms with Crippen molar-refractivity contribution in [1.29, 1.82) is 0 Å². The summed E-state index contributed by atoms with van der Waals surface area (Å²) in [5.41, 5.74) is 0. The first-order valence-corrected chi connectivity index (χ1v) is 13.2. The van der Waals surface area contributed by atoms with Gasteiger partial charge in [-0.1, -0.05) is 18.2 Å². The van der Waals surface area contributed by atoms with E-state index in [1.54, 1.807) is 0 Å². The van der Waals surface area contributed by atoms with Crippen LogP contribution in [0.2, 0.25) is 0 Å². The Bertz CT molecular complexity index is 810. The molecule has 1 aromatic rings. The SMILES string of the molecule is O=C(CCC[C@@H]1[C@H]2CCCN3CCC[C@@H](CN1C(=O)COc1ccccc1)[C@@H]23)NCC1CC1. The molecule has 0 unspecified atom stereocenters. The second kappa shape index (κ2) is 10.5. The normalized spacial score (nSPS) is 29.3. The highest BCUT2D eigenvalue weighted by atomic mass is 16.5. The monoisotopic (exact) mass is 453 g/mol. The van der Waals surface area contributed by atoms with Crippen LogP contribution in [0.15, 0.2) is 30.3 Å². The van der Waals surface area contributed by atoms with Crippen molar-refractivity contribution in [2.24, 2.45) is 17.8 Å². The minimum absolute atomic E-state index is 0.0935. The van der Waals surface area contributed by atoms with Gasteiger partial charge in [-0.3, -0.25) is 14.5 Å². The molecular weight excluding hydrogens is 414 g/mol. The Balaban J connectivity index is 1.24. The zero-order valence-corrected chi connectivity index (χ0v) is 19.8. The van der Waals surface area contributed by atoms with Crippen molar-refractivity contribution in [3.63, 3.8) is 0 Å². The standard InChI is InChI=1S/C27H39N3O3/c31-25(28-17-20-13-14-20)12-4-11-24-23-10-6-16-29-15-5-7-21(27(23)29)18-30(24)26(32)19-33-22-8-2-1-3-9-22/h1-3,8-9,20-21,23-24,27H,4-7,10-19H2,(H,28,31)/t21-,23+,24+,27-/m0/s1. The van der Waals surface area contributed by atoms with E-state index in [1.165, 1.54) is 51.6 Å². The summed E-state index contributed by atoms with van der Waals surface area (Å²) in [5, 5.41) is 3.10. The van der Waals surface area contributed by atoms with Gasteiger partial charge in [-0.25, -0.2) is 0 Å². The minimum atomic E-state index is 0.0935. The van der Waals surface area contributed by atoms with E-state index in [1.807, 2.05) is 30.3 Å². The third-order valence-electron chi connectivity index (χ3n) is 8.29. The van der Waals surface area contributed by atoms with Gasteiger partial charge in [0.25, 0.3) is 5.91 Å². The van der Waals surface area contributed by atoms with Crippen molar-refractivity contribution in [3.05, 3.63) is 30.3 Å². The molecule has 33 heavy (non-hydrogen) atoms. The van der Waals surface area contributed by atoms with Crippen LogP contribution < -0.4 is 10.1 Å². The number of benzene rings is 1. The predicted octanol–water partition coefficient (Wildman–Crippen LogP) is 3.46. The summed E-state index contributed by atoms with van der Waals surface area (Å²) in [5.74, 6) is 2.82. The first-order chi connectivity index (χ1) is 16.2. The quantitative estimate of drug-likeness (QED) is 0.622. The Hall–Kier alpha value is -2.08. The third kappa shape index (κ3) is 5.53.